The molecule has 0 aliphatic carbocycles. The minimum Gasteiger partial charge on any atom is -0.497 e. The molecule has 5 heteroatoms. The zero-order valence-corrected chi connectivity index (χ0v) is 13.5. The van der Waals surface area contributed by atoms with Crippen molar-refractivity contribution in [3.63, 3.8) is 0 Å². The lowest BCUT2D eigenvalue weighted by Crippen LogP contribution is -2.15. The lowest BCUT2D eigenvalue weighted by atomic mass is 10.1. The molecule has 5 nitrogen and oxygen atoms in total. The van der Waals surface area contributed by atoms with Crippen molar-refractivity contribution in [3.05, 3.63) is 29.3 Å². The molecule has 0 aliphatic heterocycles. The second-order valence-electron chi connectivity index (χ2n) is 4.89. The van der Waals surface area contributed by atoms with Crippen LogP contribution in [0.3, 0.4) is 0 Å². The largest absolute Gasteiger partial charge is 0.497 e. The number of methoxy groups -OCH3 is 1. The summed E-state index contributed by atoms with van der Waals surface area (Å²) in [7, 11) is 1.50. The summed E-state index contributed by atoms with van der Waals surface area (Å²) in [6.07, 6.45) is 3.43. The molecule has 0 bridgehead atoms. The molecule has 0 unspecified atom stereocenters. The summed E-state index contributed by atoms with van der Waals surface area (Å²) >= 11 is 0. The number of esters is 2. The fraction of sp³-hybridized carbons (Fsp3) is 0.529. The van der Waals surface area contributed by atoms with Crippen molar-refractivity contribution >= 4 is 11.9 Å². The Morgan fingerprint density at radius 3 is 1.95 bits per heavy atom. The van der Waals surface area contributed by atoms with Gasteiger partial charge >= 0.3 is 11.9 Å². The number of rotatable bonds is 9. The molecule has 0 heterocycles. The van der Waals surface area contributed by atoms with Crippen LogP contribution in [0.1, 0.15) is 60.2 Å². The number of carbonyl (C=O) groups excluding carboxylic acids is 2. The first-order valence-electron chi connectivity index (χ1n) is 7.66. The fourth-order valence-corrected chi connectivity index (χ4v) is 1.77. The van der Waals surface area contributed by atoms with Gasteiger partial charge in [-0.25, -0.2) is 9.59 Å². The Hall–Kier alpha value is -2.04. The van der Waals surface area contributed by atoms with E-state index in [4.69, 9.17) is 14.2 Å². The van der Waals surface area contributed by atoms with E-state index in [1.807, 2.05) is 13.8 Å². The van der Waals surface area contributed by atoms with Gasteiger partial charge in [0.1, 0.15) is 5.75 Å². The second-order valence-corrected chi connectivity index (χ2v) is 4.89. The molecule has 122 valence electrons. The molecule has 1 aromatic rings. The normalized spacial score (nSPS) is 10.1. The maximum absolute atomic E-state index is 12.2. The molecule has 0 saturated carbocycles. The number of hydrogen-bond donors (Lipinski definition) is 0. The fourth-order valence-electron chi connectivity index (χ4n) is 1.77. The smallest absolute Gasteiger partial charge is 0.339 e. The molecule has 0 amide bonds. The van der Waals surface area contributed by atoms with Crippen LogP contribution >= 0.6 is 0 Å². The number of unbranched alkanes of at least 4 members (excludes halogenated alkanes) is 2. The van der Waals surface area contributed by atoms with E-state index >= 15 is 0 Å². The Labute approximate surface area is 131 Å². The van der Waals surface area contributed by atoms with Crippen LogP contribution in [0.5, 0.6) is 5.75 Å². The minimum atomic E-state index is -0.533. The van der Waals surface area contributed by atoms with Gasteiger partial charge in [-0.15, -0.1) is 0 Å². The molecule has 1 rings (SSSR count). The summed E-state index contributed by atoms with van der Waals surface area (Å²) < 4.78 is 15.5. The van der Waals surface area contributed by atoms with Crippen molar-refractivity contribution in [2.24, 2.45) is 0 Å². The lowest BCUT2D eigenvalue weighted by molar-refractivity contribution is 0.0452. The van der Waals surface area contributed by atoms with Crippen molar-refractivity contribution < 1.29 is 23.8 Å². The van der Waals surface area contributed by atoms with E-state index in [2.05, 4.69) is 0 Å². The lowest BCUT2D eigenvalue weighted by Gasteiger charge is -2.11. The molecule has 1 aromatic carbocycles. The van der Waals surface area contributed by atoms with Crippen molar-refractivity contribution in [1.29, 1.82) is 0 Å². The molecule has 22 heavy (non-hydrogen) atoms. The van der Waals surface area contributed by atoms with Crippen LogP contribution in [0.15, 0.2) is 18.2 Å². The summed E-state index contributed by atoms with van der Waals surface area (Å²) in [5, 5.41) is 0. The molecule has 0 aromatic heterocycles. The molecule has 0 N–H and O–H groups in total. The topological polar surface area (TPSA) is 61.8 Å². The standard InChI is InChI=1S/C17H24O5/c1-4-6-10-21-16(18)14-9-8-13(20-3)12-15(14)17(19)22-11-7-5-2/h8-9,12H,4-7,10-11H2,1-3H3. The number of carbonyl (C=O) groups is 2. The van der Waals surface area contributed by atoms with Crippen LogP contribution in [0.2, 0.25) is 0 Å². The number of hydrogen-bond acceptors (Lipinski definition) is 5. The quantitative estimate of drug-likeness (QED) is 0.515. The molecule has 0 atom stereocenters. The van der Waals surface area contributed by atoms with Crippen LogP contribution in [0.25, 0.3) is 0 Å². The van der Waals surface area contributed by atoms with E-state index in [0.29, 0.717) is 19.0 Å². The third-order valence-corrected chi connectivity index (χ3v) is 3.13. The van der Waals surface area contributed by atoms with Crippen molar-refractivity contribution in [2.45, 2.75) is 39.5 Å². The van der Waals surface area contributed by atoms with E-state index < -0.39 is 11.9 Å². The average Bonchev–Trinajstić information content (AvgIpc) is 2.54. The van der Waals surface area contributed by atoms with Gasteiger partial charge in [-0.05, 0) is 31.0 Å². The predicted octanol–water partition coefficient (Wildman–Crippen LogP) is 3.61. The van der Waals surface area contributed by atoms with E-state index in [1.54, 1.807) is 6.07 Å². The van der Waals surface area contributed by atoms with Crippen LogP contribution < -0.4 is 4.74 Å². The summed E-state index contributed by atoms with van der Waals surface area (Å²) in [4.78, 5) is 24.3. The Morgan fingerprint density at radius 1 is 0.909 bits per heavy atom. The molecular weight excluding hydrogens is 284 g/mol. The highest BCUT2D eigenvalue weighted by molar-refractivity contribution is 6.03. The van der Waals surface area contributed by atoms with Gasteiger partial charge < -0.3 is 14.2 Å². The maximum Gasteiger partial charge on any atom is 0.339 e. The van der Waals surface area contributed by atoms with E-state index in [0.717, 1.165) is 25.7 Å². The second kappa shape index (κ2) is 9.82. The van der Waals surface area contributed by atoms with Gasteiger partial charge in [-0.1, -0.05) is 26.7 Å². The summed E-state index contributed by atoms with van der Waals surface area (Å²) in [5.74, 6) is -0.555. The monoisotopic (exact) mass is 308 g/mol. The van der Waals surface area contributed by atoms with Crippen molar-refractivity contribution in [3.8, 4) is 5.75 Å². The maximum atomic E-state index is 12.2. The first-order chi connectivity index (χ1) is 10.6. The molecular formula is C17H24O5. The summed E-state index contributed by atoms with van der Waals surface area (Å²) in [6.45, 7) is 4.69. The average molecular weight is 308 g/mol. The molecule has 0 fully saturated rings. The zero-order chi connectivity index (χ0) is 16.4. The SMILES string of the molecule is CCCCOC(=O)c1ccc(OC)cc1C(=O)OCCCC. The predicted molar refractivity (Wildman–Crippen MR) is 83.4 cm³/mol. The minimum absolute atomic E-state index is 0.178. The van der Waals surface area contributed by atoms with Gasteiger partial charge in [0.15, 0.2) is 0 Å². The van der Waals surface area contributed by atoms with E-state index in [9.17, 15) is 9.59 Å². The highest BCUT2D eigenvalue weighted by atomic mass is 16.5. The highest BCUT2D eigenvalue weighted by Crippen LogP contribution is 2.20. The van der Waals surface area contributed by atoms with Crippen LogP contribution in [0, 0.1) is 0 Å². The first-order valence-corrected chi connectivity index (χ1v) is 7.66. The molecule has 0 spiro atoms. The van der Waals surface area contributed by atoms with Crippen molar-refractivity contribution in [2.75, 3.05) is 20.3 Å². The highest BCUT2D eigenvalue weighted by Gasteiger charge is 2.20. The molecule has 0 saturated heterocycles. The Kier molecular flexibility index (Phi) is 8.04. The van der Waals surface area contributed by atoms with Crippen LogP contribution in [-0.4, -0.2) is 32.3 Å². The number of ether oxygens (including phenoxy) is 3. The summed E-state index contributed by atoms with van der Waals surface area (Å²) in [6, 6.07) is 4.66. The molecule has 0 radical (unpaired) electrons. The van der Waals surface area contributed by atoms with E-state index in [-0.39, 0.29) is 11.1 Å². The third kappa shape index (κ3) is 5.39. The van der Waals surface area contributed by atoms with Crippen LogP contribution in [-0.2, 0) is 9.47 Å². The Morgan fingerprint density at radius 2 is 1.45 bits per heavy atom. The molecule has 0 aliphatic rings. The first kappa shape index (κ1) is 18.0. The Bertz CT molecular complexity index is 496. The van der Waals surface area contributed by atoms with Gasteiger partial charge in [-0.2, -0.15) is 0 Å². The third-order valence-electron chi connectivity index (χ3n) is 3.13. The van der Waals surface area contributed by atoms with Crippen LogP contribution in [0.4, 0.5) is 0 Å². The summed E-state index contributed by atoms with van der Waals surface area (Å²) in [5.41, 5.74) is 0.385. The number of benzene rings is 1. The van der Waals surface area contributed by atoms with Gasteiger partial charge in [0.25, 0.3) is 0 Å². The van der Waals surface area contributed by atoms with Gasteiger partial charge in [0.2, 0.25) is 0 Å². The van der Waals surface area contributed by atoms with Gasteiger partial charge in [0.05, 0.1) is 31.5 Å². The van der Waals surface area contributed by atoms with Crippen molar-refractivity contribution in [1.82, 2.24) is 0 Å². The van der Waals surface area contributed by atoms with Gasteiger partial charge in [0, 0.05) is 0 Å². The van der Waals surface area contributed by atoms with E-state index in [1.165, 1.54) is 19.2 Å². The Balaban J connectivity index is 2.90. The van der Waals surface area contributed by atoms with Gasteiger partial charge in [-0.3, -0.25) is 0 Å². The zero-order valence-electron chi connectivity index (χ0n) is 13.5.